The number of Topliss-reactive ketones (excluding diaryl/α,β-unsaturated/α-hetero) is 1. The van der Waals surface area contributed by atoms with Crippen molar-refractivity contribution in [2.24, 2.45) is 5.92 Å². The Balaban J connectivity index is 1.07. The van der Waals surface area contributed by atoms with Gasteiger partial charge in [0.05, 0.1) is 5.69 Å². The molecule has 8 nitrogen and oxygen atoms in total. The highest BCUT2D eigenvalue weighted by atomic mass is 16.2. The number of piperidine rings is 1. The van der Waals surface area contributed by atoms with Crippen LogP contribution in [0.15, 0.2) is 36.7 Å². The van der Waals surface area contributed by atoms with Gasteiger partial charge in [-0.1, -0.05) is 0 Å². The van der Waals surface area contributed by atoms with Crippen LogP contribution < -0.4 is 9.80 Å². The summed E-state index contributed by atoms with van der Waals surface area (Å²) in [6.45, 7) is 6.43. The van der Waals surface area contributed by atoms with Gasteiger partial charge in [0.1, 0.15) is 5.52 Å². The highest BCUT2D eigenvalue weighted by Gasteiger charge is 2.32. The topological polar surface area (TPSA) is 74.1 Å². The lowest BCUT2D eigenvalue weighted by Crippen LogP contribution is -2.51. The number of aromatic nitrogens is 3. The smallest absolute Gasteiger partial charge is 0.225 e. The molecule has 36 heavy (non-hydrogen) atoms. The summed E-state index contributed by atoms with van der Waals surface area (Å²) in [5.74, 6) is 1.50. The lowest BCUT2D eigenvalue weighted by atomic mass is 9.94. The summed E-state index contributed by atoms with van der Waals surface area (Å²) in [6.07, 6.45) is 10.1. The molecule has 0 spiro atoms. The molecule has 2 aromatic heterocycles. The van der Waals surface area contributed by atoms with E-state index in [4.69, 9.17) is 10.1 Å². The number of hydrogen-bond acceptors (Lipinski definition) is 6. The Morgan fingerprint density at radius 2 is 1.61 bits per heavy atom. The highest BCUT2D eigenvalue weighted by molar-refractivity contribution is 5.94. The molecule has 0 unspecified atom stereocenters. The number of fused-ring (bicyclic) bond motifs is 3. The number of carbonyl (C=O) groups excluding carboxylic acids is 2. The Bertz CT molecular complexity index is 1270. The van der Waals surface area contributed by atoms with Crippen LogP contribution in [-0.4, -0.2) is 70.5 Å². The van der Waals surface area contributed by atoms with E-state index in [-0.39, 0.29) is 11.7 Å². The van der Waals surface area contributed by atoms with Crippen molar-refractivity contribution >= 4 is 28.7 Å². The molecule has 0 atom stereocenters. The summed E-state index contributed by atoms with van der Waals surface area (Å²) < 4.78 is 2.02. The zero-order chi connectivity index (χ0) is 24.6. The maximum absolute atomic E-state index is 13.3. The van der Waals surface area contributed by atoms with Gasteiger partial charge in [0.2, 0.25) is 5.91 Å². The molecule has 1 aromatic carbocycles. The third-order valence-corrected chi connectivity index (χ3v) is 8.17. The first-order chi connectivity index (χ1) is 17.6. The van der Waals surface area contributed by atoms with E-state index in [1.54, 1.807) is 6.92 Å². The van der Waals surface area contributed by atoms with Gasteiger partial charge in [-0.05, 0) is 69.7 Å². The molecule has 0 N–H and O–H groups in total. The fourth-order valence-corrected chi connectivity index (χ4v) is 6.07. The van der Waals surface area contributed by atoms with Crippen LogP contribution in [0.5, 0.6) is 0 Å². The van der Waals surface area contributed by atoms with Crippen LogP contribution in [0.25, 0.3) is 5.52 Å². The molecule has 1 aliphatic carbocycles. The average molecular weight is 487 g/mol. The van der Waals surface area contributed by atoms with E-state index < -0.39 is 0 Å². The van der Waals surface area contributed by atoms with E-state index in [0.29, 0.717) is 5.91 Å². The Hall–Kier alpha value is -3.42. The summed E-state index contributed by atoms with van der Waals surface area (Å²) in [7, 11) is 0. The number of benzene rings is 1. The second-order valence-electron chi connectivity index (χ2n) is 10.4. The molecule has 4 heterocycles. The fourth-order valence-electron chi connectivity index (χ4n) is 6.07. The monoisotopic (exact) mass is 486 g/mol. The zero-order valence-corrected chi connectivity index (χ0v) is 21.0. The van der Waals surface area contributed by atoms with E-state index in [9.17, 15) is 9.59 Å². The molecular weight excluding hydrogens is 452 g/mol. The summed E-state index contributed by atoms with van der Waals surface area (Å²) in [4.78, 5) is 36.4. The number of piperazine rings is 1. The van der Waals surface area contributed by atoms with Gasteiger partial charge in [0.25, 0.3) is 0 Å². The first-order valence-corrected chi connectivity index (χ1v) is 13.3. The molecule has 1 amide bonds. The molecule has 8 heteroatoms. The fraction of sp³-hybridized carbons (Fsp3) is 0.500. The van der Waals surface area contributed by atoms with E-state index in [2.05, 4.69) is 9.80 Å². The Labute approximate surface area is 211 Å². The molecule has 6 rings (SSSR count). The predicted octanol–water partition coefficient (Wildman–Crippen LogP) is 3.38. The van der Waals surface area contributed by atoms with Gasteiger partial charge < -0.3 is 14.7 Å². The Morgan fingerprint density at radius 3 is 2.33 bits per heavy atom. The van der Waals surface area contributed by atoms with Crippen LogP contribution in [0, 0.1) is 5.92 Å². The van der Waals surface area contributed by atoms with Crippen molar-refractivity contribution in [1.82, 2.24) is 19.5 Å². The summed E-state index contributed by atoms with van der Waals surface area (Å²) in [5.41, 5.74) is 5.62. The molecule has 0 radical (unpaired) electrons. The van der Waals surface area contributed by atoms with E-state index in [1.807, 2.05) is 46.1 Å². The first kappa shape index (κ1) is 23.0. The summed E-state index contributed by atoms with van der Waals surface area (Å²) in [6, 6.07) is 7.79. The van der Waals surface area contributed by atoms with E-state index in [1.165, 1.54) is 29.6 Å². The van der Waals surface area contributed by atoms with Crippen LogP contribution >= 0.6 is 0 Å². The minimum Gasteiger partial charge on any atom is -0.368 e. The van der Waals surface area contributed by atoms with Gasteiger partial charge in [-0.2, -0.15) is 5.10 Å². The van der Waals surface area contributed by atoms with Gasteiger partial charge in [-0.25, -0.2) is 9.50 Å². The molecule has 2 aliphatic heterocycles. The molecule has 0 bridgehead atoms. The van der Waals surface area contributed by atoms with Gasteiger partial charge >= 0.3 is 0 Å². The van der Waals surface area contributed by atoms with Crippen LogP contribution in [0.4, 0.5) is 11.5 Å². The lowest BCUT2D eigenvalue weighted by Gasteiger charge is -2.39. The normalized spacial score (nSPS) is 19.0. The second kappa shape index (κ2) is 9.56. The number of hydrogen-bond donors (Lipinski definition) is 0. The number of nitrogens with zero attached hydrogens (tertiary/aromatic N) is 6. The van der Waals surface area contributed by atoms with Crippen molar-refractivity contribution in [3.05, 3.63) is 53.5 Å². The minimum atomic E-state index is 0.0834. The molecule has 3 aliphatic rings. The second-order valence-corrected chi connectivity index (χ2v) is 10.4. The number of amides is 1. The Morgan fingerprint density at radius 1 is 0.889 bits per heavy atom. The van der Waals surface area contributed by atoms with Gasteiger partial charge in [0, 0.05) is 74.4 Å². The van der Waals surface area contributed by atoms with Crippen molar-refractivity contribution in [3.63, 3.8) is 0 Å². The van der Waals surface area contributed by atoms with Crippen molar-refractivity contribution < 1.29 is 9.59 Å². The average Bonchev–Trinajstić information content (AvgIpc) is 3.32. The van der Waals surface area contributed by atoms with Crippen molar-refractivity contribution in [2.75, 3.05) is 49.1 Å². The number of aryl methyl sites for hydroxylation is 2. The lowest BCUT2D eigenvalue weighted by molar-refractivity contribution is -0.136. The number of anilines is 2. The van der Waals surface area contributed by atoms with Gasteiger partial charge in [-0.15, -0.1) is 0 Å². The maximum atomic E-state index is 13.3. The van der Waals surface area contributed by atoms with Crippen LogP contribution in [0.1, 0.15) is 54.2 Å². The van der Waals surface area contributed by atoms with E-state index in [0.717, 1.165) is 82.0 Å². The SMILES string of the molecule is CC(=O)c1ccc(N2CCN(C(=O)C3CCN(c4nccn5nc6c(c45)CCCC6)CC3)CC2)cc1. The number of rotatable bonds is 4. The predicted molar refractivity (Wildman–Crippen MR) is 140 cm³/mol. The number of carbonyl (C=O) groups is 2. The molecule has 2 fully saturated rings. The minimum absolute atomic E-state index is 0.0834. The Kier molecular flexibility index (Phi) is 6.11. The third-order valence-electron chi connectivity index (χ3n) is 8.17. The van der Waals surface area contributed by atoms with Gasteiger partial charge in [-0.3, -0.25) is 9.59 Å². The molecule has 0 saturated carbocycles. The highest BCUT2D eigenvalue weighted by Crippen LogP contribution is 2.32. The van der Waals surface area contributed by atoms with E-state index >= 15 is 0 Å². The van der Waals surface area contributed by atoms with Crippen LogP contribution in [0.2, 0.25) is 0 Å². The third kappa shape index (κ3) is 4.22. The standard InChI is InChI=1S/C28H34N6O2/c1-20(35)21-6-8-23(9-7-21)31-16-18-33(19-17-31)28(36)22-10-13-32(14-11-22)27-26-24-4-2-3-5-25(24)30-34(26)15-12-29-27/h6-9,12,15,22H,2-5,10-11,13-14,16-19H2,1H3. The molecule has 2 saturated heterocycles. The van der Waals surface area contributed by atoms with Crippen LogP contribution in [0.3, 0.4) is 0 Å². The molecular formula is C28H34N6O2. The quantitative estimate of drug-likeness (QED) is 0.527. The van der Waals surface area contributed by atoms with Crippen LogP contribution in [-0.2, 0) is 17.6 Å². The number of ketones is 1. The zero-order valence-electron chi connectivity index (χ0n) is 21.0. The van der Waals surface area contributed by atoms with Crippen molar-refractivity contribution in [3.8, 4) is 0 Å². The molecule has 188 valence electrons. The van der Waals surface area contributed by atoms with Crippen molar-refractivity contribution in [2.45, 2.75) is 45.4 Å². The summed E-state index contributed by atoms with van der Waals surface area (Å²) in [5, 5.41) is 4.82. The van der Waals surface area contributed by atoms with Crippen molar-refractivity contribution in [1.29, 1.82) is 0 Å². The first-order valence-electron chi connectivity index (χ1n) is 13.3. The molecule has 3 aromatic rings. The van der Waals surface area contributed by atoms with Gasteiger partial charge in [0.15, 0.2) is 11.6 Å². The largest absolute Gasteiger partial charge is 0.368 e. The maximum Gasteiger partial charge on any atom is 0.225 e. The summed E-state index contributed by atoms with van der Waals surface area (Å²) >= 11 is 0.